The van der Waals surface area contributed by atoms with E-state index in [0.717, 1.165) is 11.3 Å². The highest BCUT2D eigenvalue weighted by Crippen LogP contribution is 2.17. The molecule has 2 aromatic carbocycles. The third-order valence-corrected chi connectivity index (χ3v) is 3.33. The largest absolute Gasteiger partial charge is 0.324 e. The summed E-state index contributed by atoms with van der Waals surface area (Å²) in [6.07, 6.45) is 0. The number of nitrogens with zero attached hydrogens (tertiary/aromatic N) is 2. The fourth-order valence-corrected chi connectivity index (χ4v) is 2.10. The molecule has 0 aliphatic carbocycles. The van der Waals surface area contributed by atoms with Crippen LogP contribution in [0.15, 0.2) is 66.7 Å². The molecular formula is C17H13ClN4O. The summed E-state index contributed by atoms with van der Waals surface area (Å²) in [6, 6.07) is 19.6. The number of rotatable bonds is 3. The lowest BCUT2D eigenvalue weighted by Crippen LogP contribution is -2.20. The van der Waals surface area contributed by atoms with Crippen LogP contribution in [-0.2, 0) is 0 Å². The summed E-state index contributed by atoms with van der Waals surface area (Å²) >= 11 is 5.80. The Bertz CT molecular complexity index is 789. The van der Waals surface area contributed by atoms with Crippen LogP contribution >= 0.6 is 11.6 Å². The molecule has 0 saturated carbocycles. The van der Waals surface area contributed by atoms with Gasteiger partial charge in [0.1, 0.15) is 0 Å². The number of amides is 2. The molecule has 114 valence electrons. The average molecular weight is 325 g/mol. The molecular weight excluding hydrogens is 312 g/mol. The summed E-state index contributed by atoms with van der Waals surface area (Å²) in [4.78, 5) is 11.9. The van der Waals surface area contributed by atoms with Crippen LogP contribution in [0.1, 0.15) is 0 Å². The van der Waals surface area contributed by atoms with Crippen molar-refractivity contribution in [2.45, 2.75) is 0 Å². The van der Waals surface area contributed by atoms with E-state index in [-0.39, 0.29) is 0 Å². The number of hydrogen-bond donors (Lipinski definition) is 2. The molecule has 0 bridgehead atoms. The molecule has 6 heteroatoms. The van der Waals surface area contributed by atoms with Crippen LogP contribution in [0.4, 0.5) is 16.3 Å². The van der Waals surface area contributed by atoms with Crippen molar-refractivity contribution in [3.05, 3.63) is 71.8 Å². The smallest absolute Gasteiger partial charge is 0.308 e. The summed E-state index contributed by atoms with van der Waals surface area (Å²) < 4.78 is 0. The molecule has 0 spiro atoms. The Labute approximate surface area is 138 Å². The molecule has 5 nitrogen and oxygen atoms in total. The predicted octanol–water partition coefficient (Wildman–Crippen LogP) is 4.44. The third kappa shape index (κ3) is 4.05. The van der Waals surface area contributed by atoms with Gasteiger partial charge in [-0.25, -0.2) is 4.79 Å². The molecule has 0 saturated heterocycles. The van der Waals surface area contributed by atoms with Crippen molar-refractivity contribution in [1.82, 2.24) is 10.2 Å². The zero-order valence-electron chi connectivity index (χ0n) is 12.0. The van der Waals surface area contributed by atoms with E-state index < -0.39 is 6.03 Å². The normalized spacial score (nSPS) is 10.1. The van der Waals surface area contributed by atoms with Gasteiger partial charge in [-0.2, -0.15) is 0 Å². The summed E-state index contributed by atoms with van der Waals surface area (Å²) in [5.41, 5.74) is 2.35. The van der Waals surface area contributed by atoms with Gasteiger partial charge in [0.05, 0.1) is 5.69 Å². The first-order chi connectivity index (χ1) is 11.2. The lowest BCUT2D eigenvalue weighted by atomic mass is 10.1. The Morgan fingerprint density at radius 3 is 2.22 bits per heavy atom. The van der Waals surface area contributed by atoms with Crippen molar-refractivity contribution in [3.63, 3.8) is 0 Å². The molecule has 0 atom stereocenters. The van der Waals surface area contributed by atoms with Gasteiger partial charge >= 0.3 is 6.03 Å². The molecule has 0 aliphatic rings. The molecule has 3 rings (SSSR count). The second-order valence-corrected chi connectivity index (χ2v) is 5.19. The van der Waals surface area contributed by atoms with Crippen LogP contribution in [0.3, 0.4) is 0 Å². The van der Waals surface area contributed by atoms with E-state index in [0.29, 0.717) is 16.5 Å². The van der Waals surface area contributed by atoms with Crippen LogP contribution in [0.25, 0.3) is 11.3 Å². The molecule has 1 heterocycles. The summed E-state index contributed by atoms with van der Waals surface area (Å²) in [6.45, 7) is 0. The van der Waals surface area contributed by atoms with Crippen molar-refractivity contribution in [1.29, 1.82) is 0 Å². The lowest BCUT2D eigenvalue weighted by molar-refractivity contribution is 0.262. The van der Waals surface area contributed by atoms with Crippen molar-refractivity contribution < 1.29 is 4.79 Å². The highest BCUT2D eigenvalue weighted by molar-refractivity contribution is 6.30. The fourth-order valence-electron chi connectivity index (χ4n) is 1.97. The number of hydrogen-bond acceptors (Lipinski definition) is 3. The maximum absolute atomic E-state index is 11.9. The molecule has 2 amide bonds. The van der Waals surface area contributed by atoms with Gasteiger partial charge in [0.2, 0.25) is 0 Å². The summed E-state index contributed by atoms with van der Waals surface area (Å²) in [7, 11) is 0. The van der Waals surface area contributed by atoms with Crippen LogP contribution in [-0.4, -0.2) is 16.2 Å². The molecule has 0 radical (unpaired) electrons. The van der Waals surface area contributed by atoms with Gasteiger partial charge in [-0.05, 0) is 36.4 Å². The van der Waals surface area contributed by atoms with Crippen molar-refractivity contribution >= 4 is 29.1 Å². The number of aromatic nitrogens is 2. The molecule has 1 aromatic heterocycles. The SMILES string of the molecule is O=C(Nc1ccc(Cl)cc1)Nc1ccc(-c2ccccc2)nn1. The Kier molecular flexibility index (Phi) is 4.49. The van der Waals surface area contributed by atoms with Crippen molar-refractivity contribution in [2.75, 3.05) is 10.6 Å². The minimum absolute atomic E-state index is 0.371. The Hall–Kier alpha value is -2.92. The summed E-state index contributed by atoms with van der Waals surface area (Å²) in [5, 5.41) is 14.0. The van der Waals surface area contributed by atoms with Gasteiger partial charge in [-0.15, -0.1) is 10.2 Å². The van der Waals surface area contributed by atoms with Gasteiger partial charge in [-0.3, -0.25) is 5.32 Å². The second-order valence-electron chi connectivity index (χ2n) is 4.76. The fraction of sp³-hybridized carbons (Fsp3) is 0. The molecule has 0 fully saturated rings. The second kappa shape index (κ2) is 6.89. The van der Waals surface area contributed by atoms with E-state index in [1.54, 1.807) is 36.4 Å². The van der Waals surface area contributed by atoms with E-state index >= 15 is 0 Å². The minimum atomic E-state index is -0.394. The highest BCUT2D eigenvalue weighted by Gasteiger charge is 2.05. The summed E-state index contributed by atoms with van der Waals surface area (Å²) in [5.74, 6) is 0.371. The van der Waals surface area contributed by atoms with E-state index in [4.69, 9.17) is 11.6 Å². The number of urea groups is 1. The van der Waals surface area contributed by atoms with Crippen LogP contribution < -0.4 is 10.6 Å². The van der Waals surface area contributed by atoms with E-state index in [2.05, 4.69) is 20.8 Å². The maximum Gasteiger partial charge on any atom is 0.324 e. The standard InChI is InChI=1S/C17H13ClN4O/c18-13-6-8-14(9-7-13)19-17(23)20-16-11-10-15(21-22-16)12-4-2-1-3-5-12/h1-11H,(H2,19,20,22,23). The Balaban J connectivity index is 1.64. The van der Waals surface area contributed by atoms with Gasteiger partial charge in [0, 0.05) is 16.3 Å². The van der Waals surface area contributed by atoms with E-state index in [1.807, 2.05) is 30.3 Å². The topological polar surface area (TPSA) is 66.9 Å². The number of benzene rings is 2. The van der Waals surface area contributed by atoms with Gasteiger partial charge in [-0.1, -0.05) is 41.9 Å². The number of anilines is 2. The van der Waals surface area contributed by atoms with Gasteiger partial charge in [0.25, 0.3) is 0 Å². The molecule has 23 heavy (non-hydrogen) atoms. The first-order valence-corrected chi connectivity index (χ1v) is 7.31. The lowest BCUT2D eigenvalue weighted by Gasteiger charge is -2.07. The van der Waals surface area contributed by atoms with Crippen LogP contribution in [0, 0.1) is 0 Å². The Morgan fingerprint density at radius 1 is 0.826 bits per heavy atom. The van der Waals surface area contributed by atoms with Gasteiger partial charge in [0.15, 0.2) is 5.82 Å². The third-order valence-electron chi connectivity index (χ3n) is 3.08. The van der Waals surface area contributed by atoms with Crippen LogP contribution in [0.5, 0.6) is 0 Å². The zero-order chi connectivity index (χ0) is 16.1. The number of carbonyl (C=O) groups excluding carboxylic acids is 1. The molecule has 3 aromatic rings. The first-order valence-electron chi connectivity index (χ1n) is 6.93. The number of nitrogens with one attached hydrogen (secondary N) is 2. The molecule has 2 N–H and O–H groups in total. The molecule has 0 aliphatic heterocycles. The number of halogens is 1. The van der Waals surface area contributed by atoms with Gasteiger partial charge < -0.3 is 5.32 Å². The first kappa shape index (κ1) is 15.0. The zero-order valence-corrected chi connectivity index (χ0v) is 12.8. The maximum atomic E-state index is 11.9. The quantitative estimate of drug-likeness (QED) is 0.748. The van der Waals surface area contributed by atoms with Crippen molar-refractivity contribution in [2.24, 2.45) is 0 Å². The highest BCUT2D eigenvalue weighted by atomic mass is 35.5. The average Bonchev–Trinajstić information content (AvgIpc) is 2.58. The minimum Gasteiger partial charge on any atom is -0.308 e. The van der Waals surface area contributed by atoms with Crippen LogP contribution in [0.2, 0.25) is 5.02 Å². The predicted molar refractivity (Wildman–Crippen MR) is 91.6 cm³/mol. The number of carbonyl (C=O) groups is 1. The van der Waals surface area contributed by atoms with Crippen molar-refractivity contribution in [3.8, 4) is 11.3 Å². The van der Waals surface area contributed by atoms with E-state index in [9.17, 15) is 4.79 Å². The Morgan fingerprint density at radius 2 is 1.57 bits per heavy atom. The monoisotopic (exact) mass is 324 g/mol. The molecule has 0 unspecified atom stereocenters. The van der Waals surface area contributed by atoms with E-state index in [1.165, 1.54) is 0 Å².